The van der Waals surface area contributed by atoms with Gasteiger partial charge in [-0.25, -0.2) is 0 Å². The molecule has 0 aliphatic heterocycles. The molecule has 0 amide bonds. The van der Waals surface area contributed by atoms with E-state index in [1.165, 1.54) is 42.2 Å². The van der Waals surface area contributed by atoms with Crippen LogP contribution in [0.4, 0.5) is 0 Å². The second kappa shape index (κ2) is 4.97. The Morgan fingerprint density at radius 3 is 2.67 bits per heavy atom. The molecule has 1 unspecified atom stereocenters. The van der Waals surface area contributed by atoms with Crippen molar-refractivity contribution in [3.05, 3.63) is 34.9 Å². The average Bonchev–Trinajstić information content (AvgIpc) is 2.46. The van der Waals surface area contributed by atoms with Crippen molar-refractivity contribution < 1.29 is 4.79 Å². The molecular weight excluding hydrogens is 256 g/mol. The highest BCUT2D eigenvalue weighted by Gasteiger charge is 2.51. The van der Waals surface area contributed by atoms with Crippen LogP contribution in [0.25, 0.3) is 0 Å². The molecule has 1 saturated carbocycles. The molecule has 3 atom stereocenters. The predicted molar refractivity (Wildman–Crippen MR) is 87.7 cm³/mol. The fourth-order valence-electron chi connectivity index (χ4n) is 5.06. The van der Waals surface area contributed by atoms with E-state index < -0.39 is 0 Å². The number of hydrogen-bond acceptors (Lipinski definition) is 1. The molecule has 0 bridgehead atoms. The topological polar surface area (TPSA) is 17.1 Å². The zero-order valence-corrected chi connectivity index (χ0v) is 13.9. The molecule has 114 valence electrons. The van der Waals surface area contributed by atoms with E-state index in [9.17, 15) is 4.79 Å². The van der Waals surface area contributed by atoms with Gasteiger partial charge >= 0.3 is 0 Å². The zero-order chi connectivity index (χ0) is 15.3. The number of aldehydes is 1. The lowest BCUT2D eigenvalue weighted by Gasteiger charge is -2.53. The van der Waals surface area contributed by atoms with Gasteiger partial charge in [-0.1, -0.05) is 52.3 Å². The maximum Gasteiger partial charge on any atom is 0.126 e. The maximum absolute atomic E-state index is 11.7. The number of hydrogen-bond donors (Lipinski definition) is 0. The summed E-state index contributed by atoms with van der Waals surface area (Å²) in [6, 6.07) is 7.10. The van der Waals surface area contributed by atoms with Gasteiger partial charge in [0.25, 0.3) is 0 Å². The van der Waals surface area contributed by atoms with Gasteiger partial charge in [-0.3, -0.25) is 0 Å². The van der Waals surface area contributed by atoms with Crippen LogP contribution in [0.15, 0.2) is 18.2 Å². The Bertz CT molecular complexity index is 559. The van der Waals surface area contributed by atoms with Crippen molar-refractivity contribution in [2.75, 3.05) is 0 Å². The second-order valence-electron chi connectivity index (χ2n) is 8.06. The first kappa shape index (κ1) is 14.8. The molecule has 0 spiro atoms. The van der Waals surface area contributed by atoms with E-state index in [1.54, 1.807) is 0 Å². The van der Waals surface area contributed by atoms with Crippen molar-refractivity contribution in [3.63, 3.8) is 0 Å². The molecule has 1 fully saturated rings. The first-order valence-corrected chi connectivity index (χ1v) is 8.50. The van der Waals surface area contributed by atoms with Gasteiger partial charge in [0.05, 0.1) is 0 Å². The monoisotopic (exact) mass is 284 g/mol. The van der Waals surface area contributed by atoms with E-state index in [2.05, 4.69) is 45.9 Å². The third-order valence-corrected chi connectivity index (χ3v) is 6.36. The minimum atomic E-state index is -0.124. The molecular formula is C20H28O. The van der Waals surface area contributed by atoms with E-state index >= 15 is 0 Å². The van der Waals surface area contributed by atoms with E-state index in [0.29, 0.717) is 11.8 Å². The molecule has 0 saturated heterocycles. The fourth-order valence-corrected chi connectivity index (χ4v) is 5.06. The molecule has 1 aromatic carbocycles. The van der Waals surface area contributed by atoms with Gasteiger partial charge in [-0.2, -0.15) is 0 Å². The Hall–Kier alpha value is -1.11. The molecule has 21 heavy (non-hydrogen) atoms. The SMILES string of the molecule is CC(C)c1ccc2c(c1)CCC1[C@](C)(C=O)CCC[C@]21C. The summed E-state index contributed by atoms with van der Waals surface area (Å²) in [5, 5.41) is 0. The van der Waals surface area contributed by atoms with Crippen LogP contribution in [0.2, 0.25) is 0 Å². The second-order valence-corrected chi connectivity index (χ2v) is 8.06. The lowest BCUT2D eigenvalue weighted by Crippen LogP contribution is -2.49. The number of benzene rings is 1. The molecule has 1 heteroatoms. The molecule has 0 aromatic heterocycles. The van der Waals surface area contributed by atoms with Crippen molar-refractivity contribution in [3.8, 4) is 0 Å². The van der Waals surface area contributed by atoms with Crippen LogP contribution in [0.1, 0.15) is 76.0 Å². The molecule has 2 aliphatic carbocycles. The maximum atomic E-state index is 11.7. The number of rotatable bonds is 2. The highest BCUT2D eigenvalue weighted by molar-refractivity contribution is 5.61. The Morgan fingerprint density at radius 1 is 1.24 bits per heavy atom. The van der Waals surface area contributed by atoms with Gasteiger partial charge in [0.15, 0.2) is 0 Å². The van der Waals surface area contributed by atoms with Crippen molar-refractivity contribution in [2.24, 2.45) is 11.3 Å². The lowest BCUT2D eigenvalue weighted by atomic mass is 9.50. The fraction of sp³-hybridized carbons (Fsp3) is 0.650. The molecule has 3 rings (SSSR count). The van der Waals surface area contributed by atoms with E-state index in [0.717, 1.165) is 12.8 Å². The third-order valence-electron chi connectivity index (χ3n) is 6.36. The summed E-state index contributed by atoms with van der Waals surface area (Å²) < 4.78 is 0. The van der Waals surface area contributed by atoms with Crippen LogP contribution in [-0.4, -0.2) is 6.29 Å². The summed E-state index contributed by atoms with van der Waals surface area (Å²) in [5.41, 5.74) is 4.58. The van der Waals surface area contributed by atoms with Crippen molar-refractivity contribution in [2.45, 2.75) is 71.1 Å². The Labute approximate surface area is 129 Å². The highest BCUT2D eigenvalue weighted by Crippen LogP contribution is 2.56. The minimum Gasteiger partial charge on any atom is -0.303 e. The first-order chi connectivity index (χ1) is 9.90. The molecule has 0 heterocycles. The molecule has 1 aromatic rings. The standard InChI is InChI=1S/C20H28O/c1-14(2)15-6-8-17-16(12-15)7-9-18-19(3,13-21)10-5-11-20(17,18)4/h6,8,12-14,18H,5,7,9-11H2,1-4H3/t18?,19-,20+/m0/s1. The number of carbonyl (C=O) groups is 1. The number of carbonyl (C=O) groups excluding carboxylic acids is 1. The highest BCUT2D eigenvalue weighted by atomic mass is 16.1. The van der Waals surface area contributed by atoms with Gasteiger partial charge in [-0.15, -0.1) is 0 Å². The summed E-state index contributed by atoms with van der Waals surface area (Å²) in [4.78, 5) is 11.7. The first-order valence-electron chi connectivity index (χ1n) is 8.50. The van der Waals surface area contributed by atoms with Crippen LogP contribution in [0.3, 0.4) is 0 Å². The normalized spacial score (nSPS) is 35.2. The van der Waals surface area contributed by atoms with Crippen LogP contribution in [-0.2, 0) is 16.6 Å². The van der Waals surface area contributed by atoms with Crippen LogP contribution in [0, 0.1) is 11.3 Å². The average molecular weight is 284 g/mol. The number of aryl methyl sites for hydroxylation is 1. The summed E-state index contributed by atoms with van der Waals surface area (Å²) in [5.74, 6) is 1.10. The van der Waals surface area contributed by atoms with Gasteiger partial charge in [0.2, 0.25) is 0 Å². The molecule has 0 N–H and O–H groups in total. The lowest BCUT2D eigenvalue weighted by molar-refractivity contribution is -0.123. The van der Waals surface area contributed by atoms with E-state index in [4.69, 9.17) is 0 Å². The van der Waals surface area contributed by atoms with Crippen LogP contribution >= 0.6 is 0 Å². The van der Waals surface area contributed by atoms with E-state index in [-0.39, 0.29) is 10.8 Å². The van der Waals surface area contributed by atoms with Crippen LogP contribution < -0.4 is 0 Å². The van der Waals surface area contributed by atoms with Gasteiger partial charge < -0.3 is 4.79 Å². The molecule has 0 radical (unpaired) electrons. The Kier molecular flexibility index (Phi) is 3.50. The largest absolute Gasteiger partial charge is 0.303 e. The summed E-state index contributed by atoms with van der Waals surface area (Å²) >= 11 is 0. The van der Waals surface area contributed by atoms with Crippen LogP contribution in [0.5, 0.6) is 0 Å². The molecule has 2 aliphatic rings. The van der Waals surface area contributed by atoms with Gasteiger partial charge in [0, 0.05) is 5.41 Å². The summed E-state index contributed by atoms with van der Waals surface area (Å²) in [7, 11) is 0. The molecule has 1 nitrogen and oxygen atoms in total. The Balaban J connectivity index is 2.07. The quantitative estimate of drug-likeness (QED) is 0.697. The predicted octanol–water partition coefficient (Wildman–Crippen LogP) is 5.02. The Morgan fingerprint density at radius 2 is 2.00 bits per heavy atom. The third kappa shape index (κ3) is 2.17. The van der Waals surface area contributed by atoms with Crippen molar-refractivity contribution in [1.82, 2.24) is 0 Å². The van der Waals surface area contributed by atoms with Gasteiger partial charge in [0.1, 0.15) is 6.29 Å². The zero-order valence-electron chi connectivity index (χ0n) is 13.9. The van der Waals surface area contributed by atoms with E-state index in [1.807, 2.05) is 0 Å². The van der Waals surface area contributed by atoms with Gasteiger partial charge in [-0.05, 0) is 59.6 Å². The smallest absolute Gasteiger partial charge is 0.126 e. The minimum absolute atomic E-state index is 0.124. The number of fused-ring (bicyclic) bond motifs is 3. The van der Waals surface area contributed by atoms with Crippen molar-refractivity contribution in [1.29, 1.82) is 0 Å². The summed E-state index contributed by atoms with van der Waals surface area (Å²) in [6.07, 6.45) is 7.03. The van der Waals surface area contributed by atoms with Crippen molar-refractivity contribution >= 4 is 6.29 Å². The summed E-state index contributed by atoms with van der Waals surface area (Å²) in [6.45, 7) is 9.12.